The SMILES string of the molecule is C#CCCCOC(=O)C(CCc1ccccc1)C(F)F. The fourth-order valence-electron chi connectivity index (χ4n) is 1.77. The third-order valence-corrected chi connectivity index (χ3v) is 2.90. The van der Waals surface area contributed by atoms with Crippen LogP contribution in [-0.4, -0.2) is 19.0 Å². The highest BCUT2D eigenvalue weighted by Crippen LogP contribution is 2.19. The number of carbonyl (C=O) groups excluding carboxylic acids is 1. The molecule has 0 aliphatic heterocycles. The van der Waals surface area contributed by atoms with Crippen LogP contribution in [0.15, 0.2) is 30.3 Å². The van der Waals surface area contributed by atoms with Crippen LogP contribution in [0.5, 0.6) is 0 Å². The van der Waals surface area contributed by atoms with E-state index in [9.17, 15) is 13.6 Å². The van der Waals surface area contributed by atoms with Gasteiger partial charge in [0, 0.05) is 6.42 Å². The molecule has 0 saturated carbocycles. The number of esters is 1. The molecule has 2 nitrogen and oxygen atoms in total. The molecule has 0 spiro atoms. The lowest BCUT2D eigenvalue weighted by Crippen LogP contribution is -2.25. The van der Waals surface area contributed by atoms with Crippen molar-refractivity contribution in [3.8, 4) is 12.3 Å². The third kappa shape index (κ3) is 5.83. The number of ether oxygens (including phenoxy) is 1. The van der Waals surface area contributed by atoms with Gasteiger partial charge in [-0.15, -0.1) is 12.3 Å². The standard InChI is InChI=1S/C16H18F2O2/c1-2-3-7-12-20-16(19)14(15(17)18)11-10-13-8-5-4-6-9-13/h1,4-6,8-9,14-15H,3,7,10-12H2. The predicted octanol–water partition coefficient (Wildman–Crippen LogP) is 3.46. The topological polar surface area (TPSA) is 26.3 Å². The Kier molecular flexibility index (Phi) is 7.34. The normalized spacial score (nSPS) is 11.9. The number of unbranched alkanes of at least 4 members (excludes halogenated alkanes) is 1. The van der Waals surface area contributed by atoms with E-state index >= 15 is 0 Å². The molecule has 0 aliphatic rings. The van der Waals surface area contributed by atoms with Gasteiger partial charge in [-0.2, -0.15) is 0 Å². The number of terminal acetylenes is 1. The van der Waals surface area contributed by atoms with E-state index in [1.807, 2.05) is 30.3 Å². The molecule has 1 aromatic rings. The molecule has 0 bridgehead atoms. The van der Waals surface area contributed by atoms with Crippen LogP contribution in [0, 0.1) is 18.3 Å². The molecule has 0 saturated heterocycles. The highest BCUT2D eigenvalue weighted by molar-refractivity contribution is 5.72. The molecule has 108 valence electrons. The molecule has 0 aliphatic carbocycles. The van der Waals surface area contributed by atoms with Crippen molar-refractivity contribution in [2.24, 2.45) is 5.92 Å². The zero-order chi connectivity index (χ0) is 14.8. The zero-order valence-electron chi connectivity index (χ0n) is 11.2. The van der Waals surface area contributed by atoms with Crippen molar-refractivity contribution in [2.75, 3.05) is 6.61 Å². The van der Waals surface area contributed by atoms with Crippen molar-refractivity contribution in [1.82, 2.24) is 0 Å². The summed E-state index contributed by atoms with van der Waals surface area (Å²) in [6, 6.07) is 9.23. The lowest BCUT2D eigenvalue weighted by Gasteiger charge is -2.15. The average molecular weight is 280 g/mol. The second kappa shape index (κ2) is 9.08. The highest BCUT2D eigenvalue weighted by Gasteiger charge is 2.29. The second-order valence-corrected chi connectivity index (χ2v) is 4.44. The monoisotopic (exact) mass is 280 g/mol. The van der Waals surface area contributed by atoms with E-state index < -0.39 is 18.3 Å². The number of hydrogen-bond donors (Lipinski definition) is 0. The van der Waals surface area contributed by atoms with Gasteiger partial charge < -0.3 is 4.74 Å². The molecule has 1 unspecified atom stereocenters. The van der Waals surface area contributed by atoms with Gasteiger partial charge in [-0.25, -0.2) is 8.78 Å². The molecule has 1 rings (SSSR count). The van der Waals surface area contributed by atoms with Crippen LogP contribution in [0.2, 0.25) is 0 Å². The Balaban J connectivity index is 2.43. The summed E-state index contributed by atoms with van der Waals surface area (Å²) in [5.41, 5.74) is 0.929. The van der Waals surface area contributed by atoms with Gasteiger partial charge in [0.05, 0.1) is 6.61 Å². The number of alkyl halides is 2. The maximum atomic E-state index is 12.9. The first-order valence-corrected chi connectivity index (χ1v) is 6.57. The van der Waals surface area contributed by atoms with Gasteiger partial charge in [0.25, 0.3) is 6.43 Å². The van der Waals surface area contributed by atoms with E-state index in [1.165, 1.54) is 0 Å². The van der Waals surface area contributed by atoms with Crippen LogP contribution in [0.25, 0.3) is 0 Å². The lowest BCUT2D eigenvalue weighted by atomic mass is 10.00. The van der Waals surface area contributed by atoms with E-state index in [4.69, 9.17) is 11.2 Å². The van der Waals surface area contributed by atoms with E-state index in [2.05, 4.69) is 5.92 Å². The van der Waals surface area contributed by atoms with Crippen molar-refractivity contribution < 1.29 is 18.3 Å². The number of benzene rings is 1. The molecular weight excluding hydrogens is 262 g/mol. The van der Waals surface area contributed by atoms with Crippen molar-refractivity contribution in [3.63, 3.8) is 0 Å². The van der Waals surface area contributed by atoms with Crippen LogP contribution in [0.3, 0.4) is 0 Å². The van der Waals surface area contributed by atoms with E-state index in [-0.39, 0.29) is 13.0 Å². The van der Waals surface area contributed by atoms with Crippen LogP contribution < -0.4 is 0 Å². The Morgan fingerprint density at radius 2 is 2.00 bits per heavy atom. The molecule has 1 aromatic carbocycles. The highest BCUT2D eigenvalue weighted by atomic mass is 19.3. The molecule has 1 atom stereocenters. The van der Waals surface area contributed by atoms with Gasteiger partial charge in [0.2, 0.25) is 0 Å². The Labute approximate surface area is 118 Å². The number of aryl methyl sites for hydroxylation is 1. The summed E-state index contributed by atoms with van der Waals surface area (Å²) in [7, 11) is 0. The second-order valence-electron chi connectivity index (χ2n) is 4.44. The van der Waals surface area contributed by atoms with Gasteiger partial charge in [0.1, 0.15) is 5.92 Å². The van der Waals surface area contributed by atoms with Crippen molar-refractivity contribution >= 4 is 5.97 Å². The smallest absolute Gasteiger partial charge is 0.314 e. The van der Waals surface area contributed by atoms with Gasteiger partial charge in [0.15, 0.2) is 0 Å². The van der Waals surface area contributed by atoms with Crippen LogP contribution in [0.1, 0.15) is 24.8 Å². The summed E-state index contributed by atoms with van der Waals surface area (Å²) in [6.07, 6.45) is 3.82. The summed E-state index contributed by atoms with van der Waals surface area (Å²) in [5.74, 6) is 0.187. The molecule has 0 radical (unpaired) electrons. The lowest BCUT2D eigenvalue weighted by molar-refractivity contribution is -0.154. The Morgan fingerprint density at radius 3 is 2.60 bits per heavy atom. The van der Waals surface area contributed by atoms with Gasteiger partial charge in [-0.3, -0.25) is 4.79 Å². The van der Waals surface area contributed by atoms with Crippen LogP contribution in [0.4, 0.5) is 8.78 Å². The Bertz CT molecular complexity index is 438. The summed E-state index contributed by atoms with van der Waals surface area (Å²) < 4.78 is 30.6. The third-order valence-electron chi connectivity index (χ3n) is 2.90. The summed E-state index contributed by atoms with van der Waals surface area (Å²) in [5, 5.41) is 0. The van der Waals surface area contributed by atoms with E-state index in [1.54, 1.807) is 0 Å². The molecule has 20 heavy (non-hydrogen) atoms. The molecule has 0 aromatic heterocycles. The minimum absolute atomic E-state index is 0.0790. The molecule has 4 heteroatoms. The van der Waals surface area contributed by atoms with Gasteiger partial charge in [-0.05, 0) is 24.8 Å². The molecule has 0 heterocycles. The van der Waals surface area contributed by atoms with Crippen molar-refractivity contribution in [1.29, 1.82) is 0 Å². The van der Waals surface area contributed by atoms with E-state index in [0.29, 0.717) is 19.3 Å². The van der Waals surface area contributed by atoms with Gasteiger partial charge >= 0.3 is 5.97 Å². The molecule has 0 N–H and O–H groups in total. The number of hydrogen-bond acceptors (Lipinski definition) is 2. The van der Waals surface area contributed by atoms with Crippen molar-refractivity contribution in [2.45, 2.75) is 32.1 Å². The quantitative estimate of drug-likeness (QED) is 0.414. The Hall–Kier alpha value is -1.89. The van der Waals surface area contributed by atoms with E-state index in [0.717, 1.165) is 5.56 Å². The maximum absolute atomic E-state index is 12.9. The molecular formula is C16H18F2O2. The predicted molar refractivity (Wildman–Crippen MR) is 73.3 cm³/mol. The van der Waals surface area contributed by atoms with Crippen molar-refractivity contribution in [3.05, 3.63) is 35.9 Å². The zero-order valence-corrected chi connectivity index (χ0v) is 11.2. The van der Waals surface area contributed by atoms with Gasteiger partial charge in [-0.1, -0.05) is 30.3 Å². The van der Waals surface area contributed by atoms with Crippen LogP contribution in [-0.2, 0) is 16.0 Å². The minimum Gasteiger partial charge on any atom is -0.465 e. The number of carbonyl (C=O) groups is 1. The summed E-state index contributed by atoms with van der Waals surface area (Å²) >= 11 is 0. The first kappa shape index (κ1) is 16.2. The number of halogens is 2. The molecule has 0 amide bonds. The first-order chi connectivity index (χ1) is 9.65. The molecule has 0 fully saturated rings. The minimum atomic E-state index is -2.71. The van der Waals surface area contributed by atoms with Crippen LogP contribution >= 0.6 is 0 Å². The fourth-order valence-corrected chi connectivity index (χ4v) is 1.77. The summed E-state index contributed by atoms with van der Waals surface area (Å²) in [4.78, 5) is 11.6. The first-order valence-electron chi connectivity index (χ1n) is 6.57. The average Bonchev–Trinajstić information content (AvgIpc) is 2.44. The number of rotatable bonds is 8. The summed E-state index contributed by atoms with van der Waals surface area (Å²) in [6.45, 7) is 0.0948. The fraction of sp³-hybridized carbons (Fsp3) is 0.438. The maximum Gasteiger partial charge on any atom is 0.314 e. The largest absolute Gasteiger partial charge is 0.465 e. The Morgan fingerprint density at radius 1 is 1.30 bits per heavy atom.